The molecule has 8 heteroatoms. The second kappa shape index (κ2) is 8.33. The van der Waals surface area contributed by atoms with E-state index in [1.54, 1.807) is 18.2 Å². The van der Waals surface area contributed by atoms with E-state index < -0.39 is 0 Å². The lowest BCUT2D eigenvalue weighted by Gasteiger charge is -2.08. The number of hydrogen-bond donors (Lipinski definition) is 2. The van der Waals surface area contributed by atoms with Crippen LogP contribution in [0.25, 0.3) is 10.9 Å². The number of aryl methyl sites for hydroxylation is 2. The van der Waals surface area contributed by atoms with Crippen LogP contribution in [0.2, 0.25) is 0 Å². The van der Waals surface area contributed by atoms with E-state index in [2.05, 4.69) is 30.0 Å². The van der Waals surface area contributed by atoms with Crippen molar-refractivity contribution >= 4 is 16.8 Å². The zero-order chi connectivity index (χ0) is 19.3. The van der Waals surface area contributed by atoms with Crippen molar-refractivity contribution in [3.05, 3.63) is 52.1 Å². The van der Waals surface area contributed by atoms with Gasteiger partial charge in [0.2, 0.25) is 5.91 Å². The highest BCUT2D eigenvalue weighted by atomic mass is 16.1. The highest BCUT2D eigenvalue weighted by Gasteiger charge is 2.14. The van der Waals surface area contributed by atoms with Crippen molar-refractivity contribution in [1.82, 2.24) is 30.0 Å². The van der Waals surface area contributed by atoms with Crippen molar-refractivity contribution in [3.8, 4) is 0 Å². The summed E-state index contributed by atoms with van der Waals surface area (Å²) in [7, 11) is 0. The zero-order valence-corrected chi connectivity index (χ0v) is 15.8. The molecule has 3 aromatic rings. The third kappa shape index (κ3) is 4.11. The summed E-state index contributed by atoms with van der Waals surface area (Å²) in [5.74, 6) is 2.47. The highest BCUT2D eigenvalue weighted by Crippen LogP contribution is 2.14. The number of aromatic amines is 1. The first-order valence-corrected chi connectivity index (χ1v) is 9.86. The van der Waals surface area contributed by atoms with Crippen LogP contribution in [0.1, 0.15) is 43.2 Å². The predicted octanol–water partition coefficient (Wildman–Crippen LogP) is 1.53. The fraction of sp³-hybridized carbons (Fsp3) is 0.450. The quantitative estimate of drug-likeness (QED) is 0.675. The summed E-state index contributed by atoms with van der Waals surface area (Å²) in [6, 6.07) is 7.19. The molecule has 0 radical (unpaired) electrons. The van der Waals surface area contributed by atoms with Crippen molar-refractivity contribution in [2.45, 2.75) is 51.5 Å². The maximum Gasteiger partial charge on any atom is 0.258 e. The van der Waals surface area contributed by atoms with Gasteiger partial charge >= 0.3 is 0 Å². The summed E-state index contributed by atoms with van der Waals surface area (Å²) >= 11 is 0. The number of para-hydroxylation sites is 1. The first kappa shape index (κ1) is 18.3. The summed E-state index contributed by atoms with van der Waals surface area (Å²) in [6.07, 6.45) is 5.87. The molecule has 2 N–H and O–H groups in total. The van der Waals surface area contributed by atoms with Crippen LogP contribution in [0.15, 0.2) is 29.1 Å². The Morgan fingerprint density at radius 3 is 2.96 bits per heavy atom. The third-order valence-electron chi connectivity index (χ3n) is 5.11. The Labute approximate surface area is 162 Å². The van der Waals surface area contributed by atoms with Crippen LogP contribution in [0.5, 0.6) is 0 Å². The van der Waals surface area contributed by atoms with Gasteiger partial charge < -0.3 is 14.9 Å². The Bertz CT molecular complexity index is 1040. The Morgan fingerprint density at radius 1 is 1.14 bits per heavy atom. The van der Waals surface area contributed by atoms with E-state index in [0.29, 0.717) is 36.1 Å². The van der Waals surface area contributed by atoms with E-state index in [1.165, 1.54) is 12.8 Å². The molecule has 2 aromatic heterocycles. The summed E-state index contributed by atoms with van der Waals surface area (Å²) in [5.41, 5.74) is 0.475. The lowest BCUT2D eigenvalue weighted by atomic mass is 10.2. The van der Waals surface area contributed by atoms with Crippen LogP contribution >= 0.6 is 0 Å². The van der Waals surface area contributed by atoms with E-state index in [9.17, 15) is 9.59 Å². The molecule has 1 aliphatic rings. The minimum atomic E-state index is -0.173. The van der Waals surface area contributed by atoms with E-state index in [1.807, 2.05) is 6.07 Å². The molecule has 0 fully saturated rings. The van der Waals surface area contributed by atoms with E-state index in [-0.39, 0.29) is 17.9 Å². The molecule has 8 nitrogen and oxygen atoms in total. The molecule has 1 amide bonds. The summed E-state index contributed by atoms with van der Waals surface area (Å²) in [4.78, 5) is 31.4. The fourth-order valence-electron chi connectivity index (χ4n) is 3.62. The van der Waals surface area contributed by atoms with Gasteiger partial charge in [-0.05, 0) is 25.0 Å². The van der Waals surface area contributed by atoms with Crippen LogP contribution in [0.3, 0.4) is 0 Å². The number of carbonyl (C=O) groups is 1. The number of nitrogens with one attached hydrogen (secondary N) is 2. The van der Waals surface area contributed by atoms with Crippen LogP contribution < -0.4 is 10.9 Å². The molecule has 0 bridgehead atoms. The fourth-order valence-corrected chi connectivity index (χ4v) is 3.62. The number of H-pyrrole nitrogens is 1. The zero-order valence-electron chi connectivity index (χ0n) is 15.8. The van der Waals surface area contributed by atoms with Crippen molar-refractivity contribution < 1.29 is 4.79 Å². The van der Waals surface area contributed by atoms with Gasteiger partial charge in [0.05, 0.1) is 10.9 Å². The largest absolute Gasteiger partial charge is 0.356 e. The predicted molar refractivity (Wildman–Crippen MR) is 105 cm³/mol. The molecule has 1 aromatic carbocycles. The first-order valence-electron chi connectivity index (χ1n) is 9.86. The van der Waals surface area contributed by atoms with Crippen molar-refractivity contribution in [2.24, 2.45) is 0 Å². The first-order chi connectivity index (χ1) is 13.7. The smallest absolute Gasteiger partial charge is 0.258 e. The lowest BCUT2D eigenvalue weighted by molar-refractivity contribution is -0.121. The number of rotatable bonds is 6. The molecule has 0 unspecified atom stereocenters. The van der Waals surface area contributed by atoms with Crippen molar-refractivity contribution in [2.75, 3.05) is 6.54 Å². The van der Waals surface area contributed by atoms with Gasteiger partial charge in [-0.25, -0.2) is 4.98 Å². The molecular formula is C20H24N6O2. The van der Waals surface area contributed by atoms with Crippen molar-refractivity contribution in [3.63, 3.8) is 0 Å². The molecule has 0 spiro atoms. The minimum Gasteiger partial charge on any atom is -0.356 e. The van der Waals surface area contributed by atoms with Gasteiger partial charge in [0, 0.05) is 38.8 Å². The minimum absolute atomic E-state index is 0.0635. The number of carbonyl (C=O) groups excluding carboxylic acids is 1. The molecule has 1 aliphatic heterocycles. The van der Waals surface area contributed by atoms with Crippen molar-refractivity contribution in [1.29, 1.82) is 0 Å². The Morgan fingerprint density at radius 2 is 2.04 bits per heavy atom. The average molecular weight is 380 g/mol. The second-order valence-corrected chi connectivity index (χ2v) is 7.12. The number of benzene rings is 1. The molecule has 0 saturated heterocycles. The van der Waals surface area contributed by atoms with Gasteiger partial charge in [0.25, 0.3) is 5.56 Å². The lowest BCUT2D eigenvalue weighted by Crippen LogP contribution is -2.27. The molecule has 28 heavy (non-hydrogen) atoms. The van der Waals surface area contributed by atoms with Gasteiger partial charge in [0.1, 0.15) is 17.5 Å². The van der Waals surface area contributed by atoms with Crippen LogP contribution in [-0.2, 0) is 30.6 Å². The molecule has 0 saturated carbocycles. The van der Waals surface area contributed by atoms with Gasteiger partial charge in [-0.2, -0.15) is 0 Å². The Kier molecular flexibility index (Phi) is 5.45. The standard InChI is InChI=1S/C20H24N6O2/c27-19(10-9-16-22-15-7-4-3-6-14(15)20(28)23-16)21-12-11-18-25-24-17-8-2-1-5-13-26(17)18/h3-4,6-7H,1-2,5,8-13H2,(H,21,27)(H,22,23,28). The van der Waals surface area contributed by atoms with Gasteiger partial charge in [-0.3, -0.25) is 9.59 Å². The van der Waals surface area contributed by atoms with Gasteiger partial charge in [-0.15, -0.1) is 10.2 Å². The van der Waals surface area contributed by atoms with E-state index in [4.69, 9.17) is 0 Å². The molecule has 0 aliphatic carbocycles. The Hall–Kier alpha value is -3.03. The number of hydrogen-bond acceptors (Lipinski definition) is 5. The second-order valence-electron chi connectivity index (χ2n) is 7.12. The maximum absolute atomic E-state index is 12.2. The van der Waals surface area contributed by atoms with Gasteiger partial charge in [0.15, 0.2) is 0 Å². The Balaban J connectivity index is 1.29. The molecule has 146 valence electrons. The maximum atomic E-state index is 12.2. The SMILES string of the molecule is O=C(CCc1nc2ccccc2c(=O)[nH]1)NCCc1nnc2n1CCCCC2. The van der Waals surface area contributed by atoms with Crippen LogP contribution in [0, 0.1) is 0 Å². The summed E-state index contributed by atoms with van der Waals surface area (Å²) < 4.78 is 2.20. The number of aromatic nitrogens is 5. The number of amides is 1. The van der Waals surface area contributed by atoms with Gasteiger partial charge in [-0.1, -0.05) is 18.6 Å². The molecule has 3 heterocycles. The van der Waals surface area contributed by atoms with E-state index >= 15 is 0 Å². The topological polar surface area (TPSA) is 106 Å². The third-order valence-corrected chi connectivity index (χ3v) is 5.11. The van der Waals surface area contributed by atoms with Crippen LogP contribution in [0.4, 0.5) is 0 Å². The van der Waals surface area contributed by atoms with Crippen LogP contribution in [-0.4, -0.2) is 37.2 Å². The van der Waals surface area contributed by atoms with E-state index in [0.717, 1.165) is 31.0 Å². The average Bonchev–Trinajstić information content (AvgIpc) is 2.93. The highest BCUT2D eigenvalue weighted by molar-refractivity contribution is 5.78. The molecule has 4 rings (SSSR count). The normalized spacial score (nSPS) is 13.9. The monoisotopic (exact) mass is 380 g/mol. The molecular weight excluding hydrogens is 356 g/mol. The number of fused-ring (bicyclic) bond motifs is 2. The summed E-state index contributed by atoms with van der Waals surface area (Å²) in [6.45, 7) is 1.49. The summed E-state index contributed by atoms with van der Waals surface area (Å²) in [5, 5.41) is 12.0. The molecule has 0 atom stereocenters. The number of nitrogens with zero attached hydrogens (tertiary/aromatic N) is 4.